The number of primary amides is 1. The Bertz CT molecular complexity index is 695. The molecule has 0 saturated heterocycles. The number of hydrogen-bond donors (Lipinski definition) is 3. The van der Waals surface area contributed by atoms with E-state index in [0.29, 0.717) is 11.4 Å². The SMILES string of the molecule is CC(O)(CNc1ccc([N+](=O)[O-])cc1C(N)=O)c1ccco1. The number of carbonyl (C=O) groups is 1. The molecule has 0 aliphatic carbocycles. The first-order chi connectivity index (χ1) is 10.3. The zero-order valence-corrected chi connectivity index (χ0v) is 11.8. The van der Waals surface area contributed by atoms with Crippen LogP contribution in [-0.2, 0) is 5.60 Å². The first kappa shape index (κ1) is 15.5. The van der Waals surface area contributed by atoms with Crippen molar-refractivity contribution in [3.8, 4) is 0 Å². The maximum atomic E-state index is 11.4. The monoisotopic (exact) mass is 305 g/mol. The summed E-state index contributed by atoms with van der Waals surface area (Å²) in [5, 5.41) is 23.9. The molecule has 0 aliphatic heterocycles. The van der Waals surface area contributed by atoms with E-state index in [1.165, 1.54) is 25.3 Å². The molecule has 0 aliphatic rings. The Morgan fingerprint density at radius 3 is 2.77 bits per heavy atom. The summed E-state index contributed by atoms with van der Waals surface area (Å²) < 4.78 is 5.14. The van der Waals surface area contributed by atoms with Crippen LogP contribution in [0, 0.1) is 10.1 Å². The quantitative estimate of drug-likeness (QED) is 0.548. The van der Waals surface area contributed by atoms with Gasteiger partial charge in [0.2, 0.25) is 0 Å². The molecular formula is C14H15N3O5. The van der Waals surface area contributed by atoms with Gasteiger partial charge in [-0.1, -0.05) is 0 Å². The van der Waals surface area contributed by atoms with E-state index < -0.39 is 16.4 Å². The molecule has 8 nitrogen and oxygen atoms in total. The highest BCUT2D eigenvalue weighted by Crippen LogP contribution is 2.25. The van der Waals surface area contributed by atoms with Crippen molar-refractivity contribution in [1.29, 1.82) is 0 Å². The number of benzene rings is 1. The van der Waals surface area contributed by atoms with Crippen molar-refractivity contribution in [3.63, 3.8) is 0 Å². The van der Waals surface area contributed by atoms with Crippen molar-refractivity contribution in [2.75, 3.05) is 11.9 Å². The number of nitrogens with one attached hydrogen (secondary N) is 1. The van der Waals surface area contributed by atoms with E-state index in [1.807, 2.05) is 0 Å². The molecule has 4 N–H and O–H groups in total. The van der Waals surface area contributed by atoms with Crippen LogP contribution in [0.2, 0.25) is 0 Å². The molecule has 8 heteroatoms. The first-order valence-corrected chi connectivity index (χ1v) is 6.40. The standard InChI is InChI=1S/C14H15N3O5/c1-14(19,12-3-2-6-22-12)8-16-11-5-4-9(17(20)21)7-10(11)13(15)18/h2-7,16,19H,8H2,1H3,(H2,15,18). The molecule has 0 spiro atoms. The van der Waals surface area contributed by atoms with Gasteiger partial charge < -0.3 is 20.6 Å². The smallest absolute Gasteiger partial charge is 0.270 e. The summed E-state index contributed by atoms with van der Waals surface area (Å²) in [5.41, 5.74) is 3.95. The summed E-state index contributed by atoms with van der Waals surface area (Å²) in [6.07, 6.45) is 1.44. The van der Waals surface area contributed by atoms with Crippen LogP contribution in [0.5, 0.6) is 0 Å². The summed E-state index contributed by atoms with van der Waals surface area (Å²) in [6.45, 7) is 1.56. The largest absolute Gasteiger partial charge is 0.466 e. The molecule has 0 bridgehead atoms. The number of anilines is 1. The lowest BCUT2D eigenvalue weighted by Crippen LogP contribution is -2.31. The molecule has 0 saturated carbocycles. The number of nitrogens with zero attached hydrogens (tertiary/aromatic N) is 1. The van der Waals surface area contributed by atoms with E-state index in [1.54, 1.807) is 12.1 Å². The number of rotatable bonds is 6. The summed E-state index contributed by atoms with van der Waals surface area (Å²) in [4.78, 5) is 21.6. The second-order valence-corrected chi connectivity index (χ2v) is 4.96. The van der Waals surface area contributed by atoms with Crippen LogP contribution in [0.1, 0.15) is 23.0 Å². The minimum atomic E-state index is -1.32. The number of carbonyl (C=O) groups excluding carboxylic acids is 1. The molecule has 0 radical (unpaired) electrons. The molecule has 22 heavy (non-hydrogen) atoms. The molecule has 0 fully saturated rings. The molecule has 1 heterocycles. The van der Waals surface area contributed by atoms with Gasteiger partial charge in [0.25, 0.3) is 11.6 Å². The summed E-state index contributed by atoms with van der Waals surface area (Å²) in [7, 11) is 0. The second kappa shape index (κ2) is 5.86. The maximum absolute atomic E-state index is 11.4. The summed E-state index contributed by atoms with van der Waals surface area (Å²) in [6, 6.07) is 6.97. The van der Waals surface area contributed by atoms with Crippen LogP contribution in [0.25, 0.3) is 0 Å². The molecule has 1 amide bonds. The fourth-order valence-electron chi connectivity index (χ4n) is 1.94. The van der Waals surface area contributed by atoms with E-state index in [0.717, 1.165) is 6.07 Å². The fourth-order valence-corrected chi connectivity index (χ4v) is 1.94. The van der Waals surface area contributed by atoms with Gasteiger partial charge in [0.1, 0.15) is 11.4 Å². The van der Waals surface area contributed by atoms with E-state index in [2.05, 4.69) is 5.32 Å². The Morgan fingerprint density at radius 1 is 1.50 bits per heavy atom. The molecule has 1 aromatic heterocycles. The summed E-state index contributed by atoms with van der Waals surface area (Å²) in [5.74, 6) is -0.452. The Hall–Kier alpha value is -2.87. The highest BCUT2D eigenvalue weighted by molar-refractivity contribution is 5.99. The average molecular weight is 305 g/mol. The maximum Gasteiger partial charge on any atom is 0.270 e. The van der Waals surface area contributed by atoms with Gasteiger partial charge in [-0.15, -0.1) is 0 Å². The predicted octanol–water partition coefficient (Wildman–Crippen LogP) is 1.61. The van der Waals surface area contributed by atoms with Crippen molar-refractivity contribution >= 4 is 17.3 Å². The molecule has 2 aromatic rings. The summed E-state index contributed by atoms with van der Waals surface area (Å²) >= 11 is 0. The second-order valence-electron chi connectivity index (χ2n) is 4.96. The van der Waals surface area contributed by atoms with Gasteiger partial charge >= 0.3 is 0 Å². The van der Waals surface area contributed by atoms with Crippen LogP contribution in [0.3, 0.4) is 0 Å². The Morgan fingerprint density at radius 2 is 2.23 bits per heavy atom. The molecule has 1 aromatic carbocycles. The van der Waals surface area contributed by atoms with E-state index in [9.17, 15) is 20.0 Å². The van der Waals surface area contributed by atoms with E-state index >= 15 is 0 Å². The number of amides is 1. The number of hydrogen-bond acceptors (Lipinski definition) is 6. The van der Waals surface area contributed by atoms with Crippen LogP contribution < -0.4 is 11.1 Å². The van der Waals surface area contributed by atoms with E-state index in [-0.39, 0.29) is 17.8 Å². The third kappa shape index (κ3) is 3.23. The van der Waals surface area contributed by atoms with Gasteiger partial charge in [0, 0.05) is 17.8 Å². The van der Waals surface area contributed by atoms with Crippen LogP contribution in [0.15, 0.2) is 41.0 Å². The number of nitrogens with two attached hydrogens (primary N) is 1. The molecule has 1 unspecified atom stereocenters. The van der Waals surface area contributed by atoms with Gasteiger partial charge in [0.05, 0.1) is 23.3 Å². The number of aliphatic hydroxyl groups is 1. The van der Waals surface area contributed by atoms with Gasteiger partial charge in [-0.2, -0.15) is 0 Å². The van der Waals surface area contributed by atoms with Gasteiger partial charge in [-0.05, 0) is 25.1 Å². The number of non-ortho nitro benzene ring substituents is 1. The van der Waals surface area contributed by atoms with E-state index in [4.69, 9.17) is 10.2 Å². The third-order valence-electron chi connectivity index (χ3n) is 3.15. The van der Waals surface area contributed by atoms with Crippen molar-refractivity contribution in [2.45, 2.75) is 12.5 Å². The van der Waals surface area contributed by atoms with Gasteiger partial charge in [-0.3, -0.25) is 14.9 Å². The van der Waals surface area contributed by atoms with Crippen molar-refractivity contribution < 1.29 is 19.2 Å². The van der Waals surface area contributed by atoms with Gasteiger partial charge in [-0.25, -0.2) is 0 Å². The van der Waals surface area contributed by atoms with Gasteiger partial charge in [0.15, 0.2) is 0 Å². The van der Waals surface area contributed by atoms with Crippen molar-refractivity contribution in [2.24, 2.45) is 5.73 Å². The van der Waals surface area contributed by atoms with Crippen LogP contribution >= 0.6 is 0 Å². The Labute approximate surface area is 125 Å². The normalized spacial score (nSPS) is 13.4. The average Bonchev–Trinajstić information content (AvgIpc) is 2.99. The highest BCUT2D eigenvalue weighted by atomic mass is 16.6. The lowest BCUT2D eigenvalue weighted by molar-refractivity contribution is -0.384. The van der Waals surface area contributed by atoms with Crippen molar-refractivity contribution in [3.05, 3.63) is 58.0 Å². The number of nitro groups is 1. The topological polar surface area (TPSA) is 132 Å². The zero-order valence-electron chi connectivity index (χ0n) is 11.8. The predicted molar refractivity (Wildman–Crippen MR) is 78.4 cm³/mol. The molecule has 2 rings (SSSR count). The minimum absolute atomic E-state index is 0.0237. The third-order valence-corrected chi connectivity index (χ3v) is 3.15. The molecule has 1 atom stereocenters. The lowest BCUT2D eigenvalue weighted by Gasteiger charge is -2.22. The number of furan rings is 1. The lowest BCUT2D eigenvalue weighted by atomic mass is 10.0. The Balaban J connectivity index is 2.22. The molecular weight excluding hydrogens is 290 g/mol. The van der Waals surface area contributed by atoms with Crippen LogP contribution in [0.4, 0.5) is 11.4 Å². The van der Waals surface area contributed by atoms with Crippen molar-refractivity contribution in [1.82, 2.24) is 0 Å². The highest BCUT2D eigenvalue weighted by Gasteiger charge is 2.26. The molecule has 116 valence electrons. The fraction of sp³-hybridized carbons (Fsp3) is 0.214. The Kier molecular flexibility index (Phi) is 4.13. The zero-order chi connectivity index (χ0) is 16.3. The first-order valence-electron chi connectivity index (χ1n) is 6.40. The minimum Gasteiger partial charge on any atom is -0.466 e. The number of nitro benzene ring substituents is 1. The van der Waals surface area contributed by atoms with Crippen LogP contribution in [-0.4, -0.2) is 22.5 Å².